The molecule has 4 heterocycles. The Bertz CT molecular complexity index is 1080. The van der Waals surface area contributed by atoms with Crippen molar-refractivity contribution in [3.63, 3.8) is 0 Å². The van der Waals surface area contributed by atoms with Gasteiger partial charge in [0, 0.05) is 0 Å². The zero-order valence-electron chi connectivity index (χ0n) is 18.4. The Morgan fingerprint density at radius 2 is 1.88 bits per heavy atom. The summed E-state index contributed by atoms with van der Waals surface area (Å²) in [6.45, 7) is 6.56. The number of aliphatic hydroxyl groups excluding tert-OH is 2. The molecule has 1 fully saturated rings. The van der Waals surface area contributed by atoms with Crippen molar-refractivity contribution in [2.24, 2.45) is 0 Å². The number of rotatable bonds is 7. The summed E-state index contributed by atoms with van der Waals surface area (Å²) >= 11 is 0. The van der Waals surface area contributed by atoms with Crippen molar-refractivity contribution in [1.82, 2.24) is 19.5 Å². The van der Waals surface area contributed by atoms with Crippen LogP contribution in [0.15, 0.2) is 6.33 Å². The summed E-state index contributed by atoms with van der Waals surface area (Å²) in [4.78, 5) is 23.6. The van der Waals surface area contributed by atoms with Crippen LogP contribution in [-0.2, 0) is 13.8 Å². The maximum atomic E-state index is 13.3. The molecule has 0 aromatic carbocycles. The minimum absolute atomic E-state index is 0.00964. The van der Waals surface area contributed by atoms with E-state index in [-0.39, 0.29) is 30.6 Å². The van der Waals surface area contributed by atoms with Crippen molar-refractivity contribution in [1.29, 1.82) is 0 Å². The van der Waals surface area contributed by atoms with Crippen LogP contribution >= 0.6 is 7.60 Å². The van der Waals surface area contributed by atoms with E-state index < -0.39 is 49.0 Å². The third-order valence-corrected chi connectivity index (χ3v) is 9.37. The number of fused-ring (bicyclic) bond motifs is 6. The molecule has 0 spiro atoms. The summed E-state index contributed by atoms with van der Waals surface area (Å²) in [6, 6.07) is 0. The Balaban J connectivity index is 1.89. The van der Waals surface area contributed by atoms with Gasteiger partial charge in [0.1, 0.15) is 30.5 Å². The highest BCUT2D eigenvalue weighted by Gasteiger charge is 2.61. The van der Waals surface area contributed by atoms with E-state index in [4.69, 9.17) is 15.0 Å². The van der Waals surface area contributed by atoms with E-state index in [1.165, 1.54) is 10.9 Å². The molecule has 0 saturated carbocycles. The Hall–Kier alpha value is -1.66. The standard InChI is InChI=1S/C19H30N5O7P/c1-5-18(4,31-32(28,29)19(27,6-2)7-3)9-13-11(25)12(26)17(30-13)24-15(9)23-10-14(20)21-8-22-16(10)24/h8-9,11-13,17,25-27H,5-7H2,1-4H3,(H,28,29)(H2,20,21,22)/t9-,11+,12-,13?,17-,18?/m1/s1. The molecule has 2 bridgehead atoms. The van der Waals surface area contributed by atoms with Crippen molar-refractivity contribution in [2.45, 2.75) is 88.4 Å². The zero-order chi connectivity index (χ0) is 23.6. The topological polar surface area (TPSA) is 186 Å². The second kappa shape index (κ2) is 7.69. The number of anilines is 1. The first-order chi connectivity index (χ1) is 14.9. The van der Waals surface area contributed by atoms with Crippen LogP contribution < -0.4 is 5.73 Å². The number of imidazole rings is 1. The van der Waals surface area contributed by atoms with Crippen molar-refractivity contribution in [2.75, 3.05) is 5.73 Å². The number of aliphatic hydroxyl groups is 3. The van der Waals surface area contributed by atoms with E-state index in [2.05, 4.69) is 15.0 Å². The summed E-state index contributed by atoms with van der Waals surface area (Å²) < 4.78 is 26.6. The van der Waals surface area contributed by atoms with Crippen LogP contribution in [0.5, 0.6) is 0 Å². The normalized spacial score (nSPS) is 31.3. The van der Waals surface area contributed by atoms with Gasteiger partial charge < -0.3 is 30.7 Å². The fraction of sp³-hybridized carbons (Fsp3) is 0.737. The SMILES string of the molecule is CCC(C)(OP(=O)(O)C(O)(CC)CC)[C@H]1c2nc3c(N)ncnc3n2[C@@H]2OC1[C@@H](O)[C@H]2O. The molecule has 6 N–H and O–H groups in total. The average molecular weight is 471 g/mol. The van der Waals surface area contributed by atoms with Gasteiger partial charge in [-0.15, -0.1) is 0 Å². The molecule has 32 heavy (non-hydrogen) atoms. The maximum absolute atomic E-state index is 13.3. The van der Waals surface area contributed by atoms with Crippen LogP contribution in [0, 0.1) is 0 Å². The molecule has 2 aromatic rings. The van der Waals surface area contributed by atoms with E-state index in [0.717, 1.165) is 0 Å². The van der Waals surface area contributed by atoms with Gasteiger partial charge in [-0.1, -0.05) is 20.8 Å². The fourth-order valence-electron chi connectivity index (χ4n) is 4.71. The summed E-state index contributed by atoms with van der Waals surface area (Å²) in [5.74, 6) is -0.423. The van der Waals surface area contributed by atoms with Gasteiger partial charge in [-0.2, -0.15) is 0 Å². The lowest BCUT2D eigenvalue weighted by Crippen LogP contribution is -2.48. The number of nitrogen functional groups attached to an aromatic ring is 1. The number of aromatic nitrogens is 4. The van der Waals surface area contributed by atoms with Crippen LogP contribution in [0.1, 0.15) is 64.9 Å². The van der Waals surface area contributed by atoms with Gasteiger partial charge in [0.2, 0.25) is 0 Å². The quantitative estimate of drug-likeness (QED) is 0.363. The van der Waals surface area contributed by atoms with Gasteiger partial charge in [-0.25, -0.2) is 15.0 Å². The van der Waals surface area contributed by atoms with Crippen LogP contribution in [0.3, 0.4) is 0 Å². The lowest BCUT2D eigenvalue weighted by molar-refractivity contribution is -0.110. The first-order valence-electron chi connectivity index (χ1n) is 10.7. The summed E-state index contributed by atoms with van der Waals surface area (Å²) in [5.41, 5.74) is 5.16. The largest absolute Gasteiger partial charge is 0.387 e. The van der Waals surface area contributed by atoms with E-state index in [9.17, 15) is 24.8 Å². The van der Waals surface area contributed by atoms with Crippen LogP contribution in [0.25, 0.3) is 11.2 Å². The average Bonchev–Trinajstić information content (AvgIpc) is 3.26. The second-order valence-electron chi connectivity index (χ2n) is 8.69. The molecular formula is C19H30N5O7P. The van der Waals surface area contributed by atoms with E-state index in [0.29, 0.717) is 11.5 Å². The molecule has 12 nitrogen and oxygen atoms in total. The predicted molar refractivity (Wildman–Crippen MR) is 114 cm³/mol. The monoisotopic (exact) mass is 471 g/mol. The Kier molecular flexibility index (Phi) is 5.65. The maximum Gasteiger partial charge on any atom is 0.359 e. The van der Waals surface area contributed by atoms with Crippen molar-refractivity contribution in [3.05, 3.63) is 12.2 Å². The van der Waals surface area contributed by atoms with E-state index in [1.807, 2.05) is 0 Å². The van der Waals surface area contributed by atoms with Crippen LogP contribution in [0.2, 0.25) is 0 Å². The summed E-state index contributed by atoms with van der Waals surface area (Å²) in [7, 11) is -4.57. The van der Waals surface area contributed by atoms with Crippen molar-refractivity contribution >= 4 is 24.6 Å². The molecule has 0 radical (unpaired) electrons. The van der Waals surface area contributed by atoms with Gasteiger partial charge in [-0.3, -0.25) is 13.7 Å². The molecule has 0 amide bonds. The molecule has 4 rings (SSSR count). The van der Waals surface area contributed by atoms with Crippen LogP contribution in [-0.4, -0.2) is 69.0 Å². The summed E-state index contributed by atoms with van der Waals surface area (Å²) in [5, 5.41) is 30.3. The van der Waals surface area contributed by atoms with Gasteiger partial charge in [-0.05, 0) is 26.2 Å². The Morgan fingerprint density at radius 1 is 1.22 bits per heavy atom. The first kappa shape index (κ1) is 23.5. The number of hydrogen-bond donors (Lipinski definition) is 5. The van der Waals surface area contributed by atoms with Crippen molar-refractivity contribution in [3.8, 4) is 0 Å². The minimum atomic E-state index is -4.57. The highest BCUT2D eigenvalue weighted by Crippen LogP contribution is 2.63. The molecule has 0 aliphatic carbocycles. The number of hydrogen-bond acceptors (Lipinski definition) is 10. The second-order valence-corrected chi connectivity index (χ2v) is 10.7. The predicted octanol–water partition coefficient (Wildman–Crippen LogP) is 1.00. The third kappa shape index (κ3) is 3.12. The molecule has 3 unspecified atom stereocenters. The van der Waals surface area contributed by atoms with Gasteiger partial charge in [0.25, 0.3) is 0 Å². The van der Waals surface area contributed by atoms with Gasteiger partial charge in [0.05, 0.1) is 11.5 Å². The third-order valence-electron chi connectivity index (χ3n) is 7.02. The highest BCUT2D eigenvalue weighted by atomic mass is 31.2. The molecule has 13 heteroatoms. The lowest BCUT2D eigenvalue weighted by atomic mass is 9.80. The number of ether oxygens (including phenoxy) is 1. The zero-order valence-corrected chi connectivity index (χ0v) is 19.3. The molecule has 2 aliphatic heterocycles. The molecule has 7 atom stereocenters. The fourth-order valence-corrected chi connectivity index (χ4v) is 6.49. The van der Waals surface area contributed by atoms with E-state index >= 15 is 0 Å². The molecule has 2 aromatic heterocycles. The molecular weight excluding hydrogens is 441 g/mol. The highest BCUT2D eigenvalue weighted by molar-refractivity contribution is 7.54. The lowest BCUT2D eigenvalue weighted by Gasteiger charge is -2.44. The van der Waals surface area contributed by atoms with E-state index in [1.54, 1.807) is 27.7 Å². The molecule has 2 aliphatic rings. The van der Waals surface area contributed by atoms with Gasteiger partial charge >= 0.3 is 7.60 Å². The van der Waals surface area contributed by atoms with Crippen molar-refractivity contribution < 1.29 is 34.0 Å². The molecule has 178 valence electrons. The Morgan fingerprint density at radius 3 is 2.47 bits per heavy atom. The van der Waals surface area contributed by atoms with Crippen LogP contribution in [0.4, 0.5) is 5.82 Å². The minimum Gasteiger partial charge on any atom is -0.387 e. The smallest absolute Gasteiger partial charge is 0.359 e. The summed E-state index contributed by atoms with van der Waals surface area (Å²) in [6.07, 6.45) is -3.05. The molecule has 1 saturated heterocycles. The first-order valence-corrected chi connectivity index (χ1v) is 12.3. The Labute approximate surface area is 184 Å². The number of nitrogens with zero attached hydrogens (tertiary/aromatic N) is 4. The van der Waals surface area contributed by atoms with Gasteiger partial charge in [0.15, 0.2) is 28.6 Å². The number of nitrogens with two attached hydrogens (primary N) is 1.